The summed E-state index contributed by atoms with van der Waals surface area (Å²) in [6, 6.07) is 6.47. The van der Waals surface area contributed by atoms with Crippen molar-refractivity contribution in [3.63, 3.8) is 0 Å². The van der Waals surface area contributed by atoms with Gasteiger partial charge in [-0.2, -0.15) is 0 Å². The second-order valence-corrected chi connectivity index (χ2v) is 4.97. The number of fused-ring (bicyclic) bond motifs is 1. The van der Waals surface area contributed by atoms with E-state index in [9.17, 15) is 19.8 Å². The third-order valence-electron chi connectivity index (χ3n) is 3.33. The van der Waals surface area contributed by atoms with Crippen LogP contribution >= 0.6 is 0 Å². The van der Waals surface area contributed by atoms with Crippen molar-refractivity contribution < 1.29 is 15.0 Å². The van der Waals surface area contributed by atoms with E-state index >= 15 is 0 Å². The first-order valence-electron chi connectivity index (χ1n) is 6.48. The van der Waals surface area contributed by atoms with E-state index in [1.807, 2.05) is 19.9 Å². The van der Waals surface area contributed by atoms with Crippen LogP contribution in [0.3, 0.4) is 0 Å². The average molecular weight is 275 g/mol. The molecule has 0 atom stereocenters. The van der Waals surface area contributed by atoms with Gasteiger partial charge in [-0.1, -0.05) is 26.0 Å². The van der Waals surface area contributed by atoms with E-state index in [4.69, 9.17) is 0 Å². The molecule has 0 saturated heterocycles. The van der Waals surface area contributed by atoms with Gasteiger partial charge in [-0.05, 0) is 17.5 Å². The van der Waals surface area contributed by atoms with Crippen LogP contribution in [0.2, 0.25) is 0 Å². The highest BCUT2D eigenvalue weighted by molar-refractivity contribution is 5.91. The van der Waals surface area contributed by atoms with Crippen LogP contribution in [0.25, 0.3) is 10.9 Å². The summed E-state index contributed by atoms with van der Waals surface area (Å²) in [5.41, 5.74) is 1.09. The second kappa shape index (κ2) is 5.46. The number of carbonyl (C=O) groups is 1. The lowest BCUT2D eigenvalue weighted by molar-refractivity contribution is 0.0683. The third-order valence-corrected chi connectivity index (χ3v) is 3.33. The molecule has 20 heavy (non-hydrogen) atoms. The van der Waals surface area contributed by atoms with Gasteiger partial charge >= 0.3 is 5.97 Å². The van der Waals surface area contributed by atoms with Crippen molar-refractivity contribution in [3.8, 4) is 0 Å². The predicted octanol–water partition coefficient (Wildman–Crippen LogP) is 1.82. The number of aromatic carboxylic acids is 1. The van der Waals surface area contributed by atoms with Crippen LogP contribution in [0.4, 0.5) is 0 Å². The number of aromatic nitrogens is 1. The van der Waals surface area contributed by atoms with E-state index in [0.29, 0.717) is 10.9 Å². The van der Waals surface area contributed by atoms with Gasteiger partial charge in [0.25, 0.3) is 0 Å². The van der Waals surface area contributed by atoms with Gasteiger partial charge in [0.05, 0.1) is 12.1 Å². The molecule has 0 aliphatic rings. The lowest BCUT2D eigenvalue weighted by atomic mass is 9.98. The van der Waals surface area contributed by atoms with Gasteiger partial charge in [-0.25, -0.2) is 4.79 Å². The molecule has 0 saturated carbocycles. The summed E-state index contributed by atoms with van der Waals surface area (Å²) in [7, 11) is 0. The number of pyridine rings is 1. The number of para-hydroxylation sites is 1. The molecule has 0 aliphatic carbocycles. The summed E-state index contributed by atoms with van der Waals surface area (Å²) >= 11 is 0. The molecule has 2 rings (SSSR count). The minimum absolute atomic E-state index is 0.0929. The molecule has 5 heteroatoms. The first kappa shape index (κ1) is 14.3. The zero-order valence-corrected chi connectivity index (χ0v) is 11.5. The largest absolute Gasteiger partial charge is 0.477 e. The number of aliphatic hydroxyl groups is 1. The molecule has 106 valence electrons. The lowest BCUT2D eigenvalue weighted by Crippen LogP contribution is -2.20. The number of hydrogen-bond acceptors (Lipinski definition) is 3. The summed E-state index contributed by atoms with van der Waals surface area (Å²) in [4.78, 5) is 23.4. The van der Waals surface area contributed by atoms with E-state index < -0.39 is 5.97 Å². The van der Waals surface area contributed by atoms with Crippen molar-refractivity contribution in [2.75, 3.05) is 6.61 Å². The van der Waals surface area contributed by atoms with Crippen molar-refractivity contribution >= 4 is 16.9 Å². The van der Waals surface area contributed by atoms with Gasteiger partial charge in [0.15, 0.2) is 5.43 Å². The number of benzene rings is 1. The highest BCUT2D eigenvalue weighted by Gasteiger charge is 2.17. The molecule has 0 aliphatic heterocycles. The van der Waals surface area contributed by atoms with Crippen molar-refractivity contribution in [1.29, 1.82) is 0 Å². The van der Waals surface area contributed by atoms with Crippen LogP contribution in [0, 0.1) is 0 Å². The highest BCUT2D eigenvalue weighted by Crippen LogP contribution is 2.24. The van der Waals surface area contributed by atoms with Gasteiger partial charge in [-0.3, -0.25) is 4.79 Å². The number of carboxylic acids is 1. The molecule has 5 nitrogen and oxygen atoms in total. The quantitative estimate of drug-likeness (QED) is 0.892. The molecule has 0 unspecified atom stereocenters. The van der Waals surface area contributed by atoms with E-state index in [1.54, 1.807) is 12.1 Å². The van der Waals surface area contributed by atoms with Crippen LogP contribution < -0.4 is 5.43 Å². The van der Waals surface area contributed by atoms with E-state index in [2.05, 4.69) is 0 Å². The summed E-state index contributed by atoms with van der Waals surface area (Å²) in [5.74, 6) is -1.02. The first-order valence-corrected chi connectivity index (χ1v) is 6.48. The first-order chi connectivity index (χ1) is 9.47. The summed E-state index contributed by atoms with van der Waals surface area (Å²) < 4.78 is 1.51. The Hall–Kier alpha value is -2.14. The van der Waals surface area contributed by atoms with Crippen LogP contribution in [0.1, 0.15) is 35.8 Å². The van der Waals surface area contributed by atoms with Crippen molar-refractivity contribution in [2.45, 2.75) is 26.3 Å². The Morgan fingerprint density at radius 2 is 2.05 bits per heavy atom. The minimum atomic E-state index is -1.17. The SMILES string of the molecule is CC(C)c1cccc2c(=O)cc(C(=O)O)n(CCO)c12. The molecule has 0 bridgehead atoms. The average Bonchev–Trinajstić information content (AvgIpc) is 2.40. The minimum Gasteiger partial charge on any atom is -0.477 e. The molecule has 0 fully saturated rings. The molecule has 2 N–H and O–H groups in total. The standard InChI is InChI=1S/C15H17NO4/c1-9(2)10-4-3-5-11-13(18)8-12(15(19)20)16(6-7-17)14(10)11/h3-5,8-9,17H,6-7H2,1-2H3,(H,19,20). The Morgan fingerprint density at radius 3 is 2.60 bits per heavy atom. The Morgan fingerprint density at radius 1 is 1.35 bits per heavy atom. The van der Waals surface area contributed by atoms with Crippen LogP contribution in [0.5, 0.6) is 0 Å². The van der Waals surface area contributed by atoms with Crippen LogP contribution in [0.15, 0.2) is 29.1 Å². The van der Waals surface area contributed by atoms with Gasteiger partial charge in [0.2, 0.25) is 0 Å². The topological polar surface area (TPSA) is 79.5 Å². The van der Waals surface area contributed by atoms with Crippen LogP contribution in [-0.4, -0.2) is 27.4 Å². The third kappa shape index (κ3) is 2.32. The Kier molecular flexibility index (Phi) is 3.90. The molecule has 2 aromatic rings. The van der Waals surface area contributed by atoms with E-state index in [1.165, 1.54) is 4.57 Å². The molecule has 0 spiro atoms. The monoisotopic (exact) mass is 275 g/mol. The van der Waals surface area contributed by atoms with E-state index in [-0.39, 0.29) is 30.2 Å². The second-order valence-electron chi connectivity index (χ2n) is 4.97. The molecule has 1 heterocycles. The highest BCUT2D eigenvalue weighted by atomic mass is 16.4. The molecule has 0 radical (unpaired) electrons. The summed E-state index contributed by atoms with van der Waals surface area (Å²) in [5, 5.41) is 18.9. The van der Waals surface area contributed by atoms with Crippen molar-refractivity contribution in [2.24, 2.45) is 0 Å². The van der Waals surface area contributed by atoms with Gasteiger partial charge in [0, 0.05) is 18.0 Å². The van der Waals surface area contributed by atoms with Crippen molar-refractivity contribution in [3.05, 3.63) is 45.7 Å². The fourth-order valence-electron chi connectivity index (χ4n) is 2.44. The molecule has 0 amide bonds. The summed E-state index contributed by atoms with van der Waals surface area (Å²) in [6.07, 6.45) is 0. The fraction of sp³-hybridized carbons (Fsp3) is 0.333. The predicted molar refractivity (Wildman–Crippen MR) is 76.3 cm³/mol. The maximum absolute atomic E-state index is 12.1. The van der Waals surface area contributed by atoms with Gasteiger partial charge < -0.3 is 14.8 Å². The maximum Gasteiger partial charge on any atom is 0.352 e. The molecule has 1 aromatic carbocycles. The number of carboxylic acid groups (broad SMARTS) is 1. The molecular formula is C15H17NO4. The number of rotatable bonds is 4. The lowest BCUT2D eigenvalue weighted by Gasteiger charge is -2.18. The van der Waals surface area contributed by atoms with Gasteiger partial charge in [-0.15, -0.1) is 0 Å². The number of aliphatic hydroxyl groups excluding tert-OH is 1. The van der Waals surface area contributed by atoms with Crippen LogP contribution in [-0.2, 0) is 6.54 Å². The maximum atomic E-state index is 12.1. The zero-order chi connectivity index (χ0) is 14.9. The fourth-order valence-corrected chi connectivity index (χ4v) is 2.44. The smallest absolute Gasteiger partial charge is 0.352 e. The Balaban J connectivity index is 2.98. The Labute approximate surface area is 116 Å². The zero-order valence-electron chi connectivity index (χ0n) is 11.5. The Bertz CT molecular complexity index is 716. The van der Waals surface area contributed by atoms with Gasteiger partial charge in [0.1, 0.15) is 5.69 Å². The molecule has 1 aromatic heterocycles. The number of hydrogen-bond donors (Lipinski definition) is 2. The van der Waals surface area contributed by atoms with Crippen molar-refractivity contribution in [1.82, 2.24) is 4.57 Å². The number of nitrogens with zero attached hydrogens (tertiary/aromatic N) is 1. The summed E-state index contributed by atoms with van der Waals surface area (Å²) in [6.45, 7) is 3.92. The normalized spacial score (nSPS) is 11.2. The molecular weight excluding hydrogens is 258 g/mol. The van der Waals surface area contributed by atoms with E-state index in [0.717, 1.165) is 11.6 Å².